The maximum atomic E-state index is 13.5. The molecule has 2 N–H and O–H groups in total. The van der Waals surface area contributed by atoms with E-state index >= 15 is 0 Å². The summed E-state index contributed by atoms with van der Waals surface area (Å²) in [6.07, 6.45) is 5.17. The maximum absolute atomic E-state index is 13.5. The summed E-state index contributed by atoms with van der Waals surface area (Å²) >= 11 is 6.09. The lowest BCUT2D eigenvalue weighted by Gasteiger charge is -2.18. The standard InChI is InChI=1S/C30H29ClN8O2/c1-17-6-7-20(28-34-26-11-9-22(31)15-38(26)36-28)12-23(17)33-29(40)24-13-32-25-10-8-21(14-37(24)25)27-18(2)35-39(19(27)3)16-30(4,5)41/h6-15,41H,16H2,1-5H3,(H,33,40). The van der Waals surface area contributed by atoms with Gasteiger partial charge in [-0.2, -0.15) is 5.10 Å². The summed E-state index contributed by atoms with van der Waals surface area (Å²) in [6.45, 7) is 9.74. The second-order valence-electron chi connectivity index (χ2n) is 10.9. The number of hydrogen-bond donors (Lipinski definition) is 2. The van der Waals surface area contributed by atoms with Gasteiger partial charge < -0.3 is 10.4 Å². The molecule has 0 saturated heterocycles. The zero-order valence-corrected chi connectivity index (χ0v) is 24.1. The number of pyridine rings is 2. The second kappa shape index (κ2) is 9.83. The zero-order chi connectivity index (χ0) is 29.1. The van der Waals surface area contributed by atoms with Gasteiger partial charge in [0.25, 0.3) is 5.91 Å². The van der Waals surface area contributed by atoms with Crippen LogP contribution >= 0.6 is 11.6 Å². The minimum absolute atomic E-state index is 0.296. The molecule has 5 aromatic heterocycles. The van der Waals surface area contributed by atoms with Crippen LogP contribution in [0.3, 0.4) is 0 Å². The van der Waals surface area contributed by atoms with Crippen molar-refractivity contribution in [3.63, 3.8) is 0 Å². The fourth-order valence-corrected chi connectivity index (χ4v) is 5.15. The molecule has 0 aliphatic heterocycles. The molecule has 11 heteroatoms. The number of fused-ring (bicyclic) bond motifs is 2. The molecule has 0 spiro atoms. The first kappa shape index (κ1) is 26.7. The first-order valence-corrected chi connectivity index (χ1v) is 13.5. The average molecular weight is 569 g/mol. The molecule has 1 aromatic carbocycles. The Morgan fingerprint density at radius 2 is 1.76 bits per heavy atom. The monoisotopic (exact) mass is 568 g/mol. The van der Waals surface area contributed by atoms with E-state index in [9.17, 15) is 9.90 Å². The number of carbonyl (C=O) groups is 1. The molecule has 6 aromatic rings. The molecular formula is C30H29ClN8O2. The Labute approximate surface area is 241 Å². The Kier molecular flexibility index (Phi) is 6.39. The third-order valence-corrected chi connectivity index (χ3v) is 7.21. The summed E-state index contributed by atoms with van der Waals surface area (Å²) < 4.78 is 5.23. The number of carbonyl (C=O) groups excluding carboxylic acids is 1. The third-order valence-electron chi connectivity index (χ3n) is 6.98. The molecule has 0 aliphatic rings. The van der Waals surface area contributed by atoms with Crippen LogP contribution in [0, 0.1) is 20.8 Å². The zero-order valence-electron chi connectivity index (χ0n) is 23.3. The molecule has 41 heavy (non-hydrogen) atoms. The summed E-state index contributed by atoms with van der Waals surface area (Å²) in [4.78, 5) is 22.6. The van der Waals surface area contributed by atoms with Crippen LogP contribution in [0.25, 0.3) is 33.8 Å². The number of nitrogens with zero attached hydrogens (tertiary/aromatic N) is 7. The molecule has 0 aliphatic carbocycles. The van der Waals surface area contributed by atoms with Crippen LogP contribution in [-0.4, -0.2) is 50.4 Å². The number of aryl methyl sites for hydroxylation is 2. The number of imidazole rings is 1. The fourth-order valence-electron chi connectivity index (χ4n) is 4.99. The number of aliphatic hydroxyl groups is 1. The van der Waals surface area contributed by atoms with Crippen molar-refractivity contribution in [3.8, 4) is 22.5 Å². The summed E-state index contributed by atoms with van der Waals surface area (Å²) in [5.74, 6) is 0.230. The summed E-state index contributed by atoms with van der Waals surface area (Å²) in [5, 5.41) is 23.1. The number of hydrogen-bond acceptors (Lipinski definition) is 6. The summed E-state index contributed by atoms with van der Waals surface area (Å²) in [7, 11) is 0. The van der Waals surface area contributed by atoms with Crippen molar-refractivity contribution >= 4 is 34.5 Å². The first-order chi connectivity index (χ1) is 19.5. The highest BCUT2D eigenvalue weighted by Gasteiger charge is 2.21. The van der Waals surface area contributed by atoms with Gasteiger partial charge in [0.05, 0.1) is 29.1 Å². The van der Waals surface area contributed by atoms with Crippen molar-refractivity contribution in [2.45, 2.75) is 46.8 Å². The van der Waals surface area contributed by atoms with Crippen molar-refractivity contribution in [3.05, 3.63) is 88.7 Å². The molecule has 0 bridgehead atoms. The maximum Gasteiger partial charge on any atom is 0.274 e. The fraction of sp³-hybridized carbons (Fsp3) is 0.233. The number of benzene rings is 1. The Balaban J connectivity index is 1.32. The lowest BCUT2D eigenvalue weighted by molar-refractivity contribution is 0.0570. The Hall–Kier alpha value is -4.54. The molecule has 0 atom stereocenters. The summed E-state index contributed by atoms with van der Waals surface area (Å²) in [6, 6.07) is 13.1. The quantitative estimate of drug-likeness (QED) is 0.274. The number of halogens is 1. The smallest absolute Gasteiger partial charge is 0.274 e. The van der Waals surface area contributed by atoms with Gasteiger partial charge in [0, 0.05) is 40.5 Å². The van der Waals surface area contributed by atoms with E-state index in [1.54, 1.807) is 47.3 Å². The van der Waals surface area contributed by atoms with E-state index in [2.05, 4.69) is 25.5 Å². The van der Waals surface area contributed by atoms with E-state index < -0.39 is 5.60 Å². The Morgan fingerprint density at radius 3 is 2.54 bits per heavy atom. The van der Waals surface area contributed by atoms with Crippen LogP contribution in [0.1, 0.15) is 41.3 Å². The van der Waals surface area contributed by atoms with Crippen molar-refractivity contribution in [2.75, 3.05) is 5.32 Å². The van der Waals surface area contributed by atoms with Gasteiger partial charge in [-0.05, 0) is 70.5 Å². The number of aromatic nitrogens is 7. The normalized spacial score (nSPS) is 12.0. The van der Waals surface area contributed by atoms with Crippen LogP contribution < -0.4 is 5.32 Å². The van der Waals surface area contributed by atoms with Gasteiger partial charge in [-0.3, -0.25) is 13.9 Å². The van der Waals surface area contributed by atoms with Gasteiger partial charge in [0.15, 0.2) is 11.5 Å². The minimum atomic E-state index is -0.898. The minimum Gasteiger partial charge on any atom is -0.389 e. The van der Waals surface area contributed by atoms with Gasteiger partial charge in [-0.25, -0.2) is 14.5 Å². The van der Waals surface area contributed by atoms with E-state index in [4.69, 9.17) is 11.6 Å². The van der Waals surface area contributed by atoms with Gasteiger partial charge >= 0.3 is 0 Å². The number of anilines is 1. The van der Waals surface area contributed by atoms with E-state index in [1.165, 1.54) is 0 Å². The molecule has 0 saturated carbocycles. The molecule has 6 rings (SSSR count). The van der Waals surface area contributed by atoms with Crippen molar-refractivity contribution in [2.24, 2.45) is 0 Å². The number of amides is 1. The average Bonchev–Trinajstić information content (AvgIpc) is 3.59. The van der Waals surface area contributed by atoms with Gasteiger partial charge in [-0.1, -0.05) is 23.7 Å². The molecular weight excluding hydrogens is 540 g/mol. The number of rotatable bonds is 6. The van der Waals surface area contributed by atoms with Crippen LogP contribution in [0.4, 0.5) is 5.69 Å². The third kappa shape index (κ3) is 5.07. The lowest BCUT2D eigenvalue weighted by atomic mass is 10.1. The highest BCUT2D eigenvalue weighted by atomic mass is 35.5. The second-order valence-corrected chi connectivity index (χ2v) is 11.3. The Morgan fingerprint density at radius 1 is 1.00 bits per heavy atom. The van der Waals surface area contributed by atoms with Crippen LogP contribution in [0.5, 0.6) is 0 Å². The van der Waals surface area contributed by atoms with Crippen LogP contribution in [0.2, 0.25) is 5.02 Å². The van der Waals surface area contributed by atoms with Crippen molar-refractivity contribution in [1.29, 1.82) is 0 Å². The largest absolute Gasteiger partial charge is 0.389 e. The highest BCUT2D eigenvalue weighted by molar-refractivity contribution is 6.30. The molecule has 10 nitrogen and oxygen atoms in total. The predicted molar refractivity (Wildman–Crippen MR) is 158 cm³/mol. The molecule has 0 fully saturated rings. The molecule has 0 radical (unpaired) electrons. The summed E-state index contributed by atoms with van der Waals surface area (Å²) in [5.41, 5.74) is 6.76. The van der Waals surface area contributed by atoms with Crippen LogP contribution in [-0.2, 0) is 6.54 Å². The topological polar surface area (TPSA) is 115 Å². The van der Waals surface area contributed by atoms with Crippen LogP contribution in [0.15, 0.2) is 61.1 Å². The Bertz CT molecular complexity index is 1960. The van der Waals surface area contributed by atoms with Gasteiger partial charge in [0.1, 0.15) is 11.3 Å². The highest BCUT2D eigenvalue weighted by Crippen LogP contribution is 2.29. The van der Waals surface area contributed by atoms with Gasteiger partial charge in [0.2, 0.25) is 0 Å². The van der Waals surface area contributed by atoms with E-state index in [-0.39, 0.29) is 5.91 Å². The lowest BCUT2D eigenvalue weighted by Crippen LogP contribution is -2.27. The number of nitrogens with one attached hydrogen (secondary N) is 1. The molecule has 1 amide bonds. The molecule has 5 heterocycles. The van der Waals surface area contributed by atoms with E-state index in [0.29, 0.717) is 40.1 Å². The molecule has 208 valence electrons. The first-order valence-electron chi connectivity index (χ1n) is 13.1. The molecule has 0 unspecified atom stereocenters. The SMILES string of the molecule is Cc1ccc(-c2nc3ccc(Cl)cn3n2)cc1NC(=O)c1cnc2ccc(-c3c(C)nn(CC(C)(C)O)c3C)cn12. The van der Waals surface area contributed by atoms with Gasteiger partial charge in [-0.15, -0.1) is 5.10 Å². The van der Waals surface area contributed by atoms with Crippen molar-refractivity contribution in [1.82, 2.24) is 33.8 Å². The van der Waals surface area contributed by atoms with Crippen molar-refractivity contribution < 1.29 is 9.90 Å². The van der Waals surface area contributed by atoms with E-state index in [1.807, 2.05) is 62.0 Å². The predicted octanol–water partition coefficient (Wildman–Crippen LogP) is 5.51. The van der Waals surface area contributed by atoms with E-state index in [0.717, 1.165) is 33.6 Å².